The Morgan fingerprint density at radius 3 is 3.06 bits per heavy atom. The molecular weight excluding hydrogens is 324 g/mol. The second kappa shape index (κ2) is 4.55. The lowest BCUT2D eigenvalue weighted by Crippen LogP contribution is -2.09. The highest BCUT2D eigenvalue weighted by atomic mass is 79.9. The first-order valence-corrected chi connectivity index (χ1v) is 7.75. The van der Waals surface area contributed by atoms with E-state index in [1.54, 1.807) is 11.8 Å². The monoisotopic (exact) mass is 330 g/mol. The third-order valence-electron chi connectivity index (χ3n) is 2.45. The molecule has 1 saturated heterocycles. The normalized spacial score (nSPS) is 20.1. The molecule has 1 unspecified atom stereocenters. The van der Waals surface area contributed by atoms with E-state index in [0.29, 0.717) is 17.5 Å². The first-order valence-electron chi connectivity index (χ1n) is 4.92. The highest BCUT2D eigenvalue weighted by molar-refractivity contribution is 9.10. The molecule has 1 fully saturated rings. The summed E-state index contributed by atoms with van der Waals surface area (Å²) in [6.45, 7) is 0. The number of nitrogens with zero attached hydrogens (tertiary/aromatic N) is 2. The van der Waals surface area contributed by atoms with Gasteiger partial charge >= 0.3 is 0 Å². The zero-order valence-electron chi connectivity index (χ0n) is 8.55. The van der Waals surface area contributed by atoms with Crippen LogP contribution in [0.1, 0.15) is 11.8 Å². The molecule has 0 radical (unpaired) electrons. The van der Waals surface area contributed by atoms with E-state index in [-0.39, 0.29) is 11.7 Å². The van der Waals surface area contributed by atoms with Crippen LogP contribution in [-0.4, -0.2) is 27.4 Å². The molecule has 0 N–H and O–H groups in total. The van der Waals surface area contributed by atoms with Crippen molar-refractivity contribution in [3.8, 4) is 10.7 Å². The van der Waals surface area contributed by atoms with Crippen LogP contribution in [0.2, 0.25) is 0 Å². The summed E-state index contributed by atoms with van der Waals surface area (Å²) in [4.78, 5) is 16.8. The average molecular weight is 331 g/mol. The van der Waals surface area contributed by atoms with Gasteiger partial charge in [0.25, 0.3) is 0 Å². The van der Waals surface area contributed by atoms with Gasteiger partial charge in [-0.3, -0.25) is 4.79 Å². The largest absolute Gasteiger partial charge is 0.338 e. The second-order valence-corrected chi connectivity index (χ2v) is 6.48. The van der Waals surface area contributed by atoms with Gasteiger partial charge in [0.05, 0.1) is 10.6 Å². The molecule has 0 bridgehead atoms. The van der Waals surface area contributed by atoms with Crippen LogP contribution >= 0.6 is 39.0 Å². The molecule has 17 heavy (non-hydrogen) atoms. The fraction of sp³-hybridized carbons (Fsp3) is 0.300. The van der Waals surface area contributed by atoms with Gasteiger partial charge in [-0.2, -0.15) is 16.7 Å². The van der Waals surface area contributed by atoms with Gasteiger partial charge < -0.3 is 4.52 Å². The minimum atomic E-state index is -0.218. The van der Waals surface area contributed by atoms with E-state index >= 15 is 0 Å². The van der Waals surface area contributed by atoms with Crippen molar-refractivity contribution in [2.24, 2.45) is 0 Å². The summed E-state index contributed by atoms with van der Waals surface area (Å²) in [5.74, 6) is 2.25. The summed E-state index contributed by atoms with van der Waals surface area (Å²) >= 11 is 6.53. The highest BCUT2D eigenvalue weighted by Crippen LogP contribution is 2.32. The predicted octanol–water partition coefficient (Wildman–Crippen LogP) is 2.96. The molecule has 0 amide bonds. The van der Waals surface area contributed by atoms with Crippen molar-refractivity contribution in [2.75, 3.05) is 11.5 Å². The van der Waals surface area contributed by atoms with Crippen molar-refractivity contribution >= 4 is 44.8 Å². The quantitative estimate of drug-likeness (QED) is 0.847. The Kier molecular flexibility index (Phi) is 3.06. The van der Waals surface area contributed by atoms with Crippen LogP contribution in [0.4, 0.5) is 0 Å². The average Bonchev–Trinajstić information content (AvgIpc) is 2.97. The second-order valence-electron chi connectivity index (χ2n) is 3.62. The number of ketones is 1. The lowest BCUT2D eigenvalue weighted by molar-refractivity contribution is -0.117. The number of thiophene rings is 1. The van der Waals surface area contributed by atoms with E-state index in [2.05, 4.69) is 26.1 Å². The summed E-state index contributed by atoms with van der Waals surface area (Å²) < 4.78 is 6.18. The third kappa shape index (κ3) is 2.19. The Morgan fingerprint density at radius 2 is 2.41 bits per heavy atom. The fourth-order valence-electron chi connectivity index (χ4n) is 1.59. The summed E-state index contributed by atoms with van der Waals surface area (Å²) in [6.07, 6.45) is 0. The van der Waals surface area contributed by atoms with Crippen LogP contribution in [-0.2, 0) is 4.79 Å². The van der Waals surface area contributed by atoms with Gasteiger partial charge in [0.15, 0.2) is 5.78 Å². The molecule has 0 saturated carbocycles. The molecule has 0 spiro atoms. The fourth-order valence-corrected chi connectivity index (χ4v) is 4.02. The zero-order chi connectivity index (χ0) is 11.8. The summed E-state index contributed by atoms with van der Waals surface area (Å²) in [6, 6.07) is 1.94. The minimum Gasteiger partial charge on any atom is -0.338 e. The maximum absolute atomic E-state index is 11.6. The summed E-state index contributed by atoms with van der Waals surface area (Å²) in [5, 5.41) is 5.88. The summed E-state index contributed by atoms with van der Waals surface area (Å²) in [5.41, 5.74) is 0. The van der Waals surface area contributed by atoms with Gasteiger partial charge in [-0.05, 0) is 22.0 Å². The number of carbonyl (C=O) groups is 1. The molecule has 4 nitrogen and oxygen atoms in total. The Morgan fingerprint density at radius 1 is 1.53 bits per heavy atom. The molecule has 1 atom stereocenters. The van der Waals surface area contributed by atoms with Crippen molar-refractivity contribution in [3.05, 3.63) is 21.8 Å². The topological polar surface area (TPSA) is 56.0 Å². The van der Waals surface area contributed by atoms with Crippen molar-refractivity contribution in [2.45, 2.75) is 5.92 Å². The van der Waals surface area contributed by atoms with E-state index in [4.69, 9.17) is 4.52 Å². The number of rotatable bonds is 2. The Balaban J connectivity index is 1.90. The molecule has 0 aromatic carbocycles. The van der Waals surface area contributed by atoms with Crippen LogP contribution in [0.5, 0.6) is 0 Å². The highest BCUT2D eigenvalue weighted by Gasteiger charge is 2.31. The lowest BCUT2D eigenvalue weighted by Gasteiger charge is -1.97. The predicted molar refractivity (Wildman–Crippen MR) is 70.4 cm³/mol. The molecule has 88 valence electrons. The zero-order valence-corrected chi connectivity index (χ0v) is 11.8. The van der Waals surface area contributed by atoms with Crippen LogP contribution in [0.15, 0.2) is 20.4 Å². The molecule has 0 aliphatic carbocycles. The van der Waals surface area contributed by atoms with Crippen molar-refractivity contribution in [1.82, 2.24) is 10.1 Å². The van der Waals surface area contributed by atoms with Gasteiger partial charge in [0.1, 0.15) is 5.92 Å². The SMILES string of the molecule is O=C1CSCC1c1nc(-c2cc(Br)cs2)no1. The van der Waals surface area contributed by atoms with Gasteiger partial charge in [0.2, 0.25) is 11.7 Å². The van der Waals surface area contributed by atoms with Gasteiger partial charge in [0, 0.05) is 15.6 Å². The third-order valence-corrected chi connectivity index (χ3v) is 5.19. The number of hydrogen-bond donors (Lipinski definition) is 0. The Hall–Kier alpha value is -0.660. The number of hydrogen-bond acceptors (Lipinski definition) is 6. The molecule has 2 aromatic rings. The number of thioether (sulfide) groups is 1. The molecule has 2 aromatic heterocycles. The van der Waals surface area contributed by atoms with Crippen LogP contribution in [0.3, 0.4) is 0 Å². The number of carbonyl (C=O) groups excluding carboxylic acids is 1. The molecule has 3 heterocycles. The number of halogens is 1. The smallest absolute Gasteiger partial charge is 0.238 e. The standard InChI is InChI=1S/C10H7BrN2O2S2/c11-5-1-8(17-2-5)9-12-10(15-13-9)6-3-16-4-7(6)14/h1-2,6H,3-4H2. The van der Waals surface area contributed by atoms with Crippen LogP contribution < -0.4 is 0 Å². The van der Waals surface area contributed by atoms with E-state index in [1.165, 1.54) is 11.3 Å². The Bertz CT molecular complexity index is 566. The minimum absolute atomic E-state index is 0.178. The van der Waals surface area contributed by atoms with E-state index < -0.39 is 0 Å². The van der Waals surface area contributed by atoms with E-state index in [9.17, 15) is 4.79 Å². The van der Waals surface area contributed by atoms with Gasteiger partial charge in [-0.15, -0.1) is 11.3 Å². The molecule has 1 aliphatic heterocycles. The van der Waals surface area contributed by atoms with Crippen LogP contribution in [0, 0.1) is 0 Å². The van der Waals surface area contributed by atoms with Crippen molar-refractivity contribution in [3.63, 3.8) is 0 Å². The maximum atomic E-state index is 11.6. The van der Waals surface area contributed by atoms with E-state index in [0.717, 1.165) is 15.1 Å². The van der Waals surface area contributed by atoms with E-state index in [1.807, 2.05) is 11.4 Å². The van der Waals surface area contributed by atoms with Crippen molar-refractivity contribution in [1.29, 1.82) is 0 Å². The van der Waals surface area contributed by atoms with Crippen LogP contribution in [0.25, 0.3) is 10.7 Å². The molecule has 3 rings (SSSR count). The maximum Gasteiger partial charge on any atom is 0.238 e. The molecular formula is C10H7BrN2O2S2. The Labute approximate surface area is 114 Å². The summed E-state index contributed by atoms with van der Waals surface area (Å²) in [7, 11) is 0. The first kappa shape index (κ1) is 11.4. The number of Topliss-reactive ketones (excluding diaryl/α,β-unsaturated/α-hetero) is 1. The lowest BCUT2D eigenvalue weighted by atomic mass is 10.1. The first-order chi connectivity index (χ1) is 8.24. The van der Waals surface area contributed by atoms with Gasteiger partial charge in [-0.25, -0.2) is 0 Å². The van der Waals surface area contributed by atoms with Crippen molar-refractivity contribution < 1.29 is 9.32 Å². The molecule has 1 aliphatic rings. The molecule has 7 heteroatoms. The van der Waals surface area contributed by atoms with Gasteiger partial charge in [-0.1, -0.05) is 5.16 Å². The number of aromatic nitrogens is 2.